The van der Waals surface area contributed by atoms with Crippen molar-refractivity contribution in [3.8, 4) is 0 Å². The van der Waals surface area contributed by atoms with Crippen LogP contribution < -0.4 is 0 Å². The van der Waals surface area contributed by atoms with Crippen molar-refractivity contribution in [1.29, 1.82) is 0 Å². The average molecular weight is 433 g/mol. The predicted octanol–water partition coefficient (Wildman–Crippen LogP) is 2.83. The Hall–Kier alpha value is -1.52. The number of halogens is 2. The number of rotatable bonds is 5. The van der Waals surface area contributed by atoms with E-state index >= 15 is 0 Å². The topological polar surface area (TPSA) is 66.9 Å². The Labute approximate surface area is 166 Å². The Morgan fingerprint density at radius 1 is 1.33 bits per heavy atom. The molecule has 1 aromatic heterocycles. The van der Waals surface area contributed by atoms with Crippen LogP contribution in [0.5, 0.6) is 0 Å². The first-order valence-electron chi connectivity index (χ1n) is 8.16. The van der Waals surface area contributed by atoms with Gasteiger partial charge < -0.3 is 9.64 Å². The molecule has 0 N–H and O–H groups in total. The van der Waals surface area contributed by atoms with Gasteiger partial charge in [0.1, 0.15) is 15.6 Å². The van der Waals surface area contributed by atoms with Crippen molar-refractivity contribution in [2.24, 2.45) is 0 Å². The van der Waals surface area contributed by atoms with Gasteiger partial charge in [-0.2, -0.15) is 4.31 Å². The standard InChI is InChI=1S/C17H18ClFN2O4S2/c1-20(11-12-13(18)3-2-4-14(12)19)17(22)16-15(5-10-26-16)27(23,24)21-6-8-25-9-7-21/h2-5,10H,6-9,11H2,1H3. The maximum Gasteiger partial charge on any atom is 0.265 e. The summed E-state index contributed by atoms with van der Waals surface area (Å²) < 4.78 is 46.3. The number of thiophene rings is 1. The Morgan fingerprint density at radius 2 is 2.04 bits per heavy atom. The van der Waals surface area contributed by atoms with Gasteiger partial charge in [-0.15, -0.1) is 11.3 Å². The zero-order chi connectivity index (χ0) is 19.6. The van der Waals surface area contributed by atoms with E-state index in [0.29, 0.717) is 13.2 Å². The van der Waals surface area contributed by atoms with Crippen LogP contribution in [0.15, 0.2) is 34.5 Å². The van der Waals surface area contributed by atoms with Gasteiger partial charge in [0.05, 0.1) is 19.8 Å². The Bertz CT molecular complexity index is 922. The average Bonchev–Trinajstić information content (AvgIpc) is 3.15. The fourth-order valence-corrected chi connectivity index (χ4v) is 5.77. The summed E-state index contributed by atoms with van der Waals surface area (Å²) in [5.41, 5.74) is 0.184. The van der Waals surface area contributed by atoms with Crippen molar-refractivity contribution in [3.63, 3.8) is 0 Å². The summed E-state index contributed by atoms with van der Waals surface area (Å²) in [6.07, 6.45) is 0. The van der Waals surface area contributed by atoms with Gasteiger partial charge >= 0.3 is 0 Å². The molecule has 0 saturated carbocycles. The molecule has 1 saturated heterocycles. The van der Waals surface area contributed by atoms with Crippen LogP contribution in [-0.2, 0) is 21.3 Å². The Balaban J connectivity index is 1.85. The highest BCUT2D eigenvalue weighted by molar-refractivity contribution is 7.89. The second-order valence-corrected chi connectivity index (χ2v) is 9.22. The Kier molecular flexibility index (Phi) is 6.17. The molecule has 0 atom stereocenters. The molecule has 1 fully saturated rings. The second-order valence-electron chi connectivity index (χ2n) is 5.99. The lowest BCUT2D eigenvalue weighted by molar-refractivity contribution is 0.0728. The highest BCUT2D eigenvalue weighted by atomic mass is 35.5. The zero-order valence-corrected chi connectivity index (χ0v) is 16.9. The largest absolute Gasteiger partial charge is 0.379 e. The first kappa shape index (κ1) is 20.2. The predicted molar refractivity (Wildman–Crippen MR) is 101 cm³/mol. The van der Waals surface area contributed by atoms with E-state index in [0.717, 1.165) is 11.3 Å². The van der Waals surface area contributed by atoms with E-state index in [1.165, 1.54) is 40.5 Å². The lowest BCUT2D eigenvalue weighted by Crippen LogP contribution is -2.41. The van der Waals surface area contributed by atoms with Crippen molar-refractivity contribution in [1.82, 2.24) is 9.21 Å². The summed E-state index contributed by atoms with van der Waals surface area (Å²) in [5.74, 6) is -1.02. The van der Waals surface area contributed by atoms with E-state index < -0.39 is 21.7 Å². The van der Waals surface area contributed by atoms with Crippen molar-refractivity contribution in [2.75, 3.05) is 33.4 Å². The van der Waals surface area contributed by atoms with Gasteiger partial charge in [-0.25, -0.2) is 12.8 Å². The molecule has 146 valence electrons. The van der Waals surface area contributed by atoms with Crippen LogP contribution in [0, 0.1) is 5.82 Å². The zero-order valence-electron chi connectivity index (χ0n) is 14.5. The third-order valence-electron chi connectivity index (χ3n) is 4.21. The summed E-state index contributed by atoms with van der Waals surface area (Å²) in [5, 5.41) is 1.77. The van der Waals surface area contributed by atoms with Crippen molar-refractivity contribution in [3.05, 3.63) is 50.9 Å². The van der Waals surface area contributed by atoms with E-state index in [1.807, 2.05) is 0 Å². The van der Waals surface area contributed by atoms with Gasteiger partial charge in [-0.3, -0.25) is 4.79 Å². The van der Waals surface area contributed by atoms with E-state index in [9.17, 15) is 17.6 Å². The highest BCUT2D eigenvalue weighted by Crippen LogP contribution is 2.28. The van der Waals surface area contributed by atoms with Crippen LogP contribution in [0.1, 0.15) is 15.2 Å². The third kappa shape index (κ3) is 4.17. The molecule has 0 unspecified atom stereocenters. The van der Waals surface area contributed by atoms with Gasteiger partial charge in [0, 0.05) is 30.7 Å². The minimum absolute atomic E-state index is 0.0362. The number of carbonyl (C=O) groups is 1. The molecule has 10 heteroatoms. The molecule has 0 spiro atoms. The van der Waals surface area contributed by atoms with Crippen LogP contribution in [0.4, 0.5) is 4.39 Å². The Morgan fingerprint density at radius 3 is 2.70 bits per heavy atom. The molecule has 0 radical (unpaired) electrons. The monoisotopic (exact) mass is 432 g/mol. The lowest BCUT2D eigenvalue weighted by atomic mass is 10.2. The van der Waals surface area contributed by atoms with Gasteiger partial charge in [-0.1, -0.05) is 17.7 Å². The SMILES string of the molecule is CN(Cc1c(F)cccc1Cl)C(=O)c1sccc1S(=O)(=O)N1CCOCC1. The molecule has 2 aromatic rings. The van der Waals surface area contributed by atoms with Crippen molar-refractivity contribution >= 4 is 38.9 Å². The van der Waals surface area contributed by atoms with Gasteiger partial charge in [0.15, 0.2) is 0 Å². The van der Waals surface area contributed by atoms with E-state index in [4.69, 9.17) is 16.3 Å². The number of hydrogen-bond acceptors (Lipinski definition) is 5. The molecule has 1 aliphatic heterocycles. The highest BCUT2D eigenvalue weighted by Gasteiger charge is 2.32. The first-order chi connectivity index (χ1) is 12.8. The molecular formula is C17H18ClFN2O4S2. The molecule has 0 aliphatic carbocycles. The van der Waals surface area contributed by atoms with Gasteiger partial charge in [0.2, 0.25) is 10.0 Å². The first-order valence-corrected chi connectivity index (χ1v) is 10.9. The molecule has 1 amide bonds. The maximum absolute atomic E-state index is 14.0. The van der Waals surface area contributed by atoms with Gasteiger partial charge in [-0.05, 0) is 23.6 Å². The van der Waals surface area contributed by atoms with Crippen molar-refractivity contribution in [2.45, 2.75) is 11.4 Å². The number of nitrogens with zero attached hydrogens (tertiary/aromatic N) is 2. The summed E-state index contributed by atoms with van der Waals surface area (Å²) in [4.78, 5) is 14.2. The number of morpholine rings is 1. The van der Waals surface area contributed by atoms with Crippen LogP contribution in [0.3, 0.4) is 0 Å². The summed E-state index contributed by atoms with van der Waals surface area (Å²) in [7, 11) is -2.32. The maximum atomic E-state index is 14.0. The number of benzene rings is 1. The van der Waals surface area contributed by atoms with Gasteiger partial charge in [0.25, 0.3) is 5.91 Å². The minimum atomic E-state index is -3.80. The molecule has 0 bridgehead atoms. The number of carbonyl (C=O) groups excluding carboxylic acids is 1. The van der Waals surface area contributed by atoms with E-state index in [2.05, 4.69) is 0 Å². The number of amides is 1. The van der Waals surface area contributed by atoms with E-state index in [-0.39, 0.29) is 40.0 Å². The smallest absolute Gasteiger partial charge is 0.265 e. The fourth-order valence-electron chi connectivity index (χ4n) is 2.75. The molecule has 1 aliphatic rings. The third-order valence-corrected chi connectivity index (χ3v) is 7.54. The molecule has 3 rings (SSSR count). The minimum Gasteiger partial charge on any atom is -0.379 e. The van der Waals surface area contributed by atoms with Crippen LogP contribution in [0.25, 0.3) is 0 Å². The normalized spacial score (nSPS) is 15.7. The van der Waals surface area contributed by atoms with Crippen LogP contribution in [0.2, 0.25) is 5.02 Å². The molecular weight excluding hydrogens is 415 g/mol. The number of sulfonamides is 1. The molecule has 2 heterocycles. The lowest BCUT2D eigenvalue weighted by Gasteiger charge is -2.26. The van der Waals surface area contributed by atoms with Crippen LogP contribution in [-0.4, -0.2) is 56.9 Å². The van der Waals surface area contributed by atoms with Crippen molar-refractivity contribution < 1.29 is 22.3 Å². The number of hydrogen-bond donors (Lipinski definition) is 0. The van der Waals surface area contributed by atoms with E-state index in [1.54, 1.807) is 5.38 Å². The summed E-state index contributed by atoms with van der Waals surface area (Å²) in [6.45, 7) is 1.05. The fraction of sp³-hybridized carbons (Fsp3) is 0.353. The van der Waals surface area contributed by atoms with Crippen LogP contribution >= 0.6 is 22.9 Å². The summed E-state index contributed by atoms with van der Waals surface area (Å²) >= 11 is 7.06. The molecule has 6 nitrogen and oxygen atoms in total. The second kappa shape index (κ2) is 8.24. The number of ether oxygens (including phenoxy) is 1. The quantitative estimate of drug-likeness (QED) is 0.728. The summed E-state index contributed by atoms with van der Waals surface area (Å²) in [6, 6.07) is 5.71. The molecule has 1 aromatic carbocycles. The molecule has 27 heavy (non-hydrogen) atoms.